The third-order valence-electron chi connectivity index (χ3n) is 2.93. The van der Waals surface area contributed by atoms with E-state index < -0.39 is 30.1 Å². The van der Waals surface area contributed by atoms with Crippen LogP contribution < -0.4 is 0 Å². The molecule has 4 atom stereocenters. The summed E-state index contributed by atoms with van der Waals surface area (Å²) < 4.78 is 21.7. The van der Waals surface area contributed by atoms with E-state index in [-0.39, 0.29) is 12.7 Å². The summed E-state index contributed by atoms with van der Waals surface area (Å²) in [5, 5.41) is 19.1. The first-order chi connectivity index (χ1) is 6.89. The quantitative estimate of drug-likeness (QED) is 0.505. The number of hydrogen-bond acceptors (Lipinski definition) is 6. The van der Waals surface area contributed by atoms with Crippen LogP contribution in [0.15, 0.2) is 0 Å². The number of hydrogen-bond donors (Lipinski definition) is 2. The van der Waals surface area contributed by atoms with Crippen molar-refractivity contribution in [3.63, 3.8) is 0 Å². The van der Waals surface area contributed by atoms with Crippen LogP contribution in [0.1, 0.15) is 13.8 Å². The zero-order valence-electron chi connectivity index (χ0n) is 8.54. The molecule has 3 rings (SSSR count). The maximum absolute atomic E-state index is 9.54. The van der Waals surface area contributed by atoms with Crippen LogP contribution in [0.4, 0.5) is 0 Å². The highest BCUT2D eigenvalue weighted by molar-refractivity contribution is 5.03. The summed E-state index contributed by atoms with van der Waals surface area (Å²) in [5.74, 6) is -2.65. The van der Waals surface area contributed by atoms with Gasteiger partial charge in [-0.15, -0.1) is 0 Å². The summed E-state index contributed by atoms with van der Waals surface area (Å²) >= 11 is 0. The highest BCUT2D eigenvalue weighted by atomic mass is 16.9. The fraction of sp³-hybridized carbons (Fsp3) is 1.00. The van der Waals surface area contributed by atoms with E-state index in [0.717, 1.165) is 0 Å². The van der Waals surface area contributed by atoms with Gasteiger partial charge < -0.3 is 29.2 Å². The van der Waals surface area contributed by atoms with E-state index in [4.69, 9.17) is 18.9 Å². The molecule has 3 aliphatic rings. The van der Waals surface area contributed by atoms with Crippen LogP contribution in [0.2, 0.25) is 0 Å². The first-order valence-corrected chi connectivity index (χ1v) is 4.96. The maximum Gasteiger partial charge on any atom is 0.216 e. The molecule has 0 saturated carbocycles. The summed E-state index contributed by atoms with van der Waals surface area (Å²) in [7, 11) is 0. The second-order valence-electron chi connectivity index (χ2n) is 4.68. The summed E-state index contributed by atoms with van der Waals surface area (Å²) in [6.07, 6.45) is -2.21. The van der Waals surface area contributed by atoms with Crippen LogP contribution in [0.25, 0.3) is 0 Å². The van der Waals surface area contributed by atoms with Gasteiger partial charge in [0.2, 0.25) is 5.79 Å². The van der Waals surface area contributed by atoms with Crippen molar-refractivity contribution in [3.05, 3.63) is 0 Å². The van der Waals surface area contributed by atoms with E-state index in [0.29, 0.717) is 0 Å². The third kappa shape index (κ3) is 1.33. The molecule has 3 heterocycles. The SMILES string of the molecule is CC1(C)O[C@H]2O[C@H]3[C@H](OCC3(O)O)[C@H]2O1. The van der Waals surface area contributed by atoms with Crippen molar-refractivity contribution >= 4 is 0 Å². The predicted octanol–water partition coefficient (Wildman–Crippen LogP) is -1.06. The summed E-state index contributed by atoms with van der Waals surface area (Å²) in [6.45, 7) is 3.41. The zero-order chi connectivity index (χ0) is 10.8. The maximum atomic E-state index is 9.54. The van der Waals surface area contributed by atoms with Crippen LogP contribution in [0, 0.1) is 0 Å². The molecule has 0 aromatic rings. The van der Waals surface area contributed by atoms with Crippen LogP contribution >= 0.6 is 0 Å². The average molecular weight is 218 g/mol. The molecular formula is C9H14O6. The van der Waals surface area contributed by atoms with E-state index in [1.807, 2.05) is 0 Å². The van der Waals surface area contributed by atoms with Gasteiger partial charge in [0.1, 0.15) is 24.9 Å². The van der Waals surface area contributed by atoms with Crippen molar-refractivity contribution in [1.82, 2.24) is 0 Å². The van der Waals surface area contributed by atoms with Gasteiger partial charge in [-0.2, -0.15) is 0 Å². The molecule has 0 aromatic carbocycles. The van der Waals surface area contributed by atoms with Crippen molar-refractivity contribution in [2.24, 2.45) is 0 Å². The Kier molecular flexibility index (Phi) is 1.80. The number of aliphatic hydroxyl groups is 2. The van der Waals surface area contributed by atoms with Gasteiger partial charge in [-0.1, -0.05) is 0 Å². The molecule has 0 spiro atoms. The molecule has 86 valence electrons. The largest absolute Gasteiger partial charge is 0.367 e. The van der Waals surface area contributed by atoms with E-state index in [1.165, 1.54) is 0 Å². The number of fused-ring (bicyclic) bond motifs is 3. The number of rotatable bonds is 0. The topological polar surface area (TPSA) is 77.4 Å². The van der Waals surface area contributed by atoms with E-state index in [1.54, 1.807) is 13.8 Å². The molecule has 0 aliphatic carbocycles. The Balaban J connectivity index is 1.83. The van der Waals surface area contributed by atoms with Crippen LogP contribution in [-0.4, -0.2) is 53.0 Å². The monoisotopic (exact) mass is 218 g/mol. The Morgan fingerprint density at radius 3 is 2.60 bits per heavy atom. The fourth-order valence-corrected chi connectivity index (χ4v) is 2.33. The first-order valence-electron chi connectivity index (χ1n) is 4.96. The van der Waals surface area contributed by atoms with Gasteiger partial charge in [0.25, 0.3) is 0 Å². The number of ether oxygens (including phenoxy) is 4. The second-order valence-corrected chi connectivity index (χ2v) is 4.68. The van der Waals surface area contributed by atoms with Crippen molar-refractivity contribution in [2.45, 2.75) is 50.0 Å². The second kappa shape index (κ2) is 2.71. The molecule has 3 saturated heterocycles. The Morgan fingerprint density at radius 2 is 1.87 bits per heavy atom. The van der Waals surface area contributed by atoms with Gasteiger partial charge in [-0.3, -0.25) is 0 Å². The molecule has 6 nitrogen and oxygen atoms in total. The normalized spacial score (nSPS) is 50.4. The van der Waals surface area contributed by atoms with Crippen molar-refractivity contribution in [3.8, 4) is 0 Å². The van der Waals surface area contributed by atoms with Gasteiger partial charge in [0.15, 0.2) is 12.1 Å². The molecule has 0 aromatic heterocycles. The lowest BCUT2D eigenvalue weighted by molar-refractivity contribution is -0.261. The molecule has 3 fully saturated rings. The van der Waals surface area contributed by atoms with Gasteiger partial charge in [-0.25, -0.2) is 0 Å². The smallest absolute Gasteiger partial charge is 0.216 e. The molecule has 2 N–H and O–H groups in total. The zero-order valence-corrected chi connectivity index (χ0v) is 8.54. The van der Waals surface area contributed by atoms with Gasteiger partial charge in [-0.05, 0) is 13.8 Å². The van der Waals surface area contributed by atoms with Crippen LogP contribution in [-0.2, 0) is 18.9 Å². The Hall–Kier alpha value is -0.240. The minimum absolute atomic E-state index is 0.157. The van der Waals surface area contributed by atoms with Gasteiger partial charge in [0.05, 0.1) is 0 Å². The molecule has 0 amide bonds. The molecule has 3 aliphatic heterocycles. The lowest BCUT2D eigenvalue weighted by atomic mass is 10.1. The molecule has 0 unspecified atom stereocenters. The minimum Gasteiger partial charge on any atom is -0.367 e. The molecule has 0 bridgehead atoms. The summed E-state index contributed by atoms with van der Waals surface area (Å²) in [4.78, 5) is 0. The lowest BCUT2D eigenvalue weighted by Gasteiger charge is -2.24. The van der Waals surface area contributed by atoms with Crippen molar-refractivity contribution < 1.29 is 29.2 Å². The average Bonchev–Trinajstić information content (AvgIpc) is 2.61. The van der Waals surface area contributed by atoms with Gasteiger partial charge in [0, 0.05) is 0 Å². The third-order valence-corrected chi connectivity index (χ3v) is 2.93. The minimum atomic E-state index is -1.94. The molecule has 15 heavy (non-hydrogen) atoms. The van der Waals surface area contributed by atoms with Crippen molar-refractivity contribution in [1.29, 1.82) is 0 Å². The fourth-order valence-electron chi connectivity index (χ4n) is 2.33. The predicted molar refractivity (Wildman–Crippen MR) is 45.6 cm³/mol. The first kappa shape index (κ1) is 9.95. The summed E-state index contributed by atoms with van der Waals surface area (Å²) in [5.41, 5.74) is 0. The Labute approximate surface area is 86.7 Å². The Bertz CT molecular complexity index is 288. The highest BCUT2D eigenvalue weighted by Gasteiger charge is 2.64. The standard InChI is InChI=1S/C9H14O6/c1-8(2)14-5-4-6(13-7(5)15-8)9(10,11)3-12-4/h4-7,10-11H,3H2,1-2H3/t4-,5-,6+,7-/m1/s1. The van der Waals surface area contributed by atoms with Gasteiger partial charge >= 0.3 is 0 Å². The molecule has 0 radical (unpaired) electrons. The molecule has 6 heteroatoms. The van der Waals surface area contributed by atoms with Crippen molar-refractivity contribution in [2.75, 3.05) is 6.61 Å². The lowest BCUT2D eigenvalue weighted by Crippen LogP contribution is -2.44. The molecular weight excluding hydrogens is 204 g/mol. The van der Waals surface area contributed by atoms with Crippen LogP contribution in [0.5, 0.6) is 0 Å². The van der Waals surface area contributed by atoms with E-state index in [9.17, 15) is 10.2 Å². The van der Waals surface area contributed by atoms with Crippen LogP contribution in [0.3, 0.4) is 0 Å². The summed E-state index contributed by atoms with van der Waals surface area (Å²) in [6, 6.07) is 0. The Morgan fingerprint density at radius 1 is 1.13 bits per heavy atom. The van der Waals surface area contributed by atoms with E-state index >= 15 is 0 Å². The van der Waals surface area contributed by atoms with E-state index in [2.05, 4.69) is 0 Å². The highest BCUT2D eigenvalue weighted by Crippen LogP contribution is 2.44.